The topological polar surface area (TPSA) is 58.2 Å². The molecule has 1 fully saturated rings. The maximum Gasteiger partial charge on any atom is 0.229 e. The molecule has 0 saturated heterocycles. The lowest BCUT2D eigenvalue weighted by Gasteiger charge is -2.28. The highest BCUT2D eigenvalue weighted by molar-refractivity contribution is 5.79. The number of rotatable bonds is 4. The van der Waals surface area contributed by atoms with E-state index in [1.54, 1.807) is 4.90 Å². The number of aromatic amines is 1. The predicted octanol–water partition coefficient (Wildman–Crippen LogP) is 2.50. The van der Waals surface area contributed by atoms with Gasteiger partial charge in [0.05, 0.1) is 23.9 Å². The zero-order valence-electron chi connectivity index (χ0n) is 13.3. The Hall–Kier alpha value is -2.30. The quantitative estimate of drug-likeness (QED) is 0.944. The van der Waals surface area contributed by atoms with Gasteiger partial charge in [-0.1, -0.05) is 18.2 Å². The highest BCUT2D eigenvalue weighted by Gasteiger charge is 2.29. The summed E-state index contributed by atoms with van der Waals surface area (Å²) in [4.78, 5) is 14.4. The van der Waals surface area contributed by atoms with Gasteiger partial charge in [-0.3, -0.25) is 9.89 Å². The van der Waals surface area contributed by atoms with Crippen molar-refractivity contribution in [2.45, 2.75) is 31.7 Å². The summed E-state index contributed by atoms with van der Waals surface area (Å²) in [6.45, 7) is 1.02. The van der Waals surface area contributed by atoms with Gasteiger partial charge in [0.15, 0.2) is 0 Å². The molecule has 1 saturated carbocycles. The summed E-state index contributed by atoms with van der Waals surface area (Å²) >= 11 is 0. The zero-order valence-corrected chi connectivity index (χ0v) is 13.3. The van der Waals surface area contributed by atoms with Crippen molar-refractivity contribution in [1.82, 2.24) is 15.1 Å². The van der Waals surface area contributed by atoms with Gasteiger partial charge in [0.2, 0.25) is 5.91 Å². The van der Waals surface area contributed by atoms with Crippen LogP contribution in [0.1, 0.15) is 35.7 Å². The van der Waals surface area contributed by atoms with Gasteiger partial charge in [0, 0.05) is 13.0 Å². The lowest BCUT2D eigenvalue weighted by atomic mass is 9.95. The fourth-order valence-corrected chi connectivity index (χ4v) is 3.18. The van der Waals surface area contributed by atoms with Crippen LogP contribution in [0.3, 0.4) is 0 Å². The van der Waals surface area contributed by atoms with E-state index < -0.39 is 0 Å². The summed E-state index contributed by atoms with van der Waals surface area (Å²) in [6, 6.07) is 10.0. The number of nitrogens with one attached hydrogen (secondary N) is 1. The van der Waals surface area contributed by atoms with Gasteiger partial charge in [-0.25, -0.2) is 0 Å². The van der Waals surface area contributed by atoms with E-state index in [-0.39, 0.29) is 11.8 Å². The monoisotopic (exact) mass is 311 g/mol. The van der Waals surface area contributed by atoms with E-state index in [1.165, 1.54) is 12.8 Å². The fraction of sp³-hybridized carbons (Fsp3) is 0.444. The maximum absolute atomic E-state index is 12.7. The number of amides is 1. The van der Waals surface area contributed by atoms with E-state index >= 15 is 0 Å². The number of aromatic nitrogens is 2. The first-order valence-corrected chi connectivity index (χ1v) is 8.20. The molecule has 1 aromatic carbocycles. The molecule has 4 rings (SSSR count). The Morgan fingerprint density at radius 2 is 2.22 bits per heavy atom. The van der Waals surface area contributed by atoms with Crippen LogP contribution < -0.4 is 4.74 Å². The minimum atomic E-state index is -0.110. The average Bonchev–Trinajstić information content (AvgIpc) is 3.33. The average molecular weight is 311 g/mol. The summed E-state index contributed by atoms with van der Waals surface area (Å²) in [5.74, 6) is 1.55. The molecule has 1 amide bonds. The molecule has 2 aromatic rings. The van der Waals surface area contributed by atoms with Crippen LogP contribution in [0.2, 0.25) is 0 Å². The third-order valence-corrected chi connectivity index (χ3v) is 4.66. The second-order valence-corrected chi connectivity index (χ2v) is 6.61. The van der Waals surface area contributed by atoms with E-state index in [9.17, 15) is 4.79 Å². The smallest absolute Gasteiger partial charge is 0.229 e. The van der Waals surface area contributed by atoms with Crippen LogP contribution in [0.25, 0.3) is 0 Å². The lowest BCUT2D eigenvalue weighted by molar-refractivity contribution is -0.136. The highest BCUT2D eigenvalue weighted by atomic mass is 16.5. The molecule has 1 N–H and O–H groups in total. The van der Waals surface area contributed by atoms with E-state index in [2.05, 4.69) is 16.3 Å². The summed E-state index contributed by atoms with van der Waals surface area (Å²) in [5, 5.41) is 7.40. The summed E-state index contributed by atoms with van der Waals surface area (Å²) < 4.78 is 5.73. The van der Waals surface area contributed by atoms with Gasteiger partial charge in [-0.15, -0.1) is 0 Å². The van der Waals surface area contributed by atoms with Gasteiger partial charge in [0.1, 0.15) is 12.4 Å². The second-order valence-electron chi connectivity index (χ2n) is 6.61. The number of H-pyrrole nitrogens is 1. The number of ether oxygens (including phenoxy) is 1. The van der Waals surface area contributed by atoms with Crippen molar-refractivity contribution in [3.63, 3.8) is 0 Å². The molecular weight excluding hydrogens is 290 g/mol. The maximum atomic E-state index is 12.7. The molecule has 0 spiro atoms. The molecule has 0 radical (unpaired) electrons. The van der Waals surface area contributed by atoms with Crippen LogP contribution in [0, 0.1) is 5.92 Å². The Morgan fingerprint density at radius 3 is 3.04 bits per heavy atom. The van der Waals surface area contributed by atoms with Crippen molar-refractivity contribution in [2.24, 2.45) is 5.92 Å². The number of benzene rings is 1. The molecule has 1 aliphatic heterocycles. The van der Waals surface area contributed by atoms with E-state index in [4.69, 9.17) is 4.74 Å². The van der Waals surface area contributed by atoms with Crippen molar-refractivity contribution >= 4 is 5.91 Å². The minimum Gasteiger partial charge on any atom is -0.492 e. The molecule has 1 atom stereocenters. The van der Waals surface area contributed by atoms with E-state index in [1.807, 2.05) is 31.3 Å². The first-order chi connectivity index (χ1) is 11.2. The summed E-state index contributed by atoms with van der Waals surface area (Å²) in [6.07, 6.45) is 3.21. The van der Waals surface area contributed by atoms with Crippen molar-refractivity contribution in [3.05, 3.63) is 47.3 Å². The van der Waals surface area contributed by atoms with Crippen molar-refractivity contribution in [3.8, 4) is 5.75 Å². The molecule has 5 nitrogen and oxygen atoms in total. The van der Waals surface area contributed by atoms with E-state index in [0.29, 0.717) is 19.1 Å². The predicted molar refractivity (Wildman–Crippen MR) is 86.2 cm³/mol. The molecule has 2 aliphatic rings. The summed E-state index contributed by atoms with van der Waals surface area (Å²) in [5.41, 5.74) is 3.25. The molecule has 0 unspecified atom stereocenters. The van der Waals surface area contributed by atoms with Crippen LogP contribution >= 0.6 is 0 Å². The van der Waals surface area contributed by atoms with Crippen LogP contribution in [0.15, 0.2) is 30.3 Å². The van der Waals surface area contributed by atoms with Gasteiger partial charge in [-0.05, 0) is 37.0 Å². The number of para-hydroxylation sites is 1. The molecule has 0 bridgehead atoms. The van der Waals surface area contributed by atoms with Gasteiger partial charge >= 0.3 is 0 Å². The van der Waals surface area contributed by atoms with Crippen molar-refractivity contribution in [2.75, 3.05) is 13.7 Å². The largest absolute Gasteiger partial charge is 0.492 e. The number of carbonyl (C=O) groups is 1. The Balaban J connectivity index is 1.40. The zero-order chi connectivity index (χ0) is 15.8. The number of nitrogens with zero attached hydrogens (tertiary/aromatic N) is 2. The van der Waals surface area contributed by atoms with E-state index in [0.717, 1.165) is 29.1 Å². The second kappa shape index (κ2) is 5.72. The molecule has 2 heterocycles. The van der Waals surface area contributed by atoms with Gasteiger partial charge < -0.3 is 9.64 Å². The molecule has 5 heteroatoms. The normalized spacial score (nSPS) is 19.8. The van der Waals surface area contributed by atoms with Crippen LogP contribution in [-0.2, 0) is 17.8 Å². The number of hydrogen-bond donors (Lipinski definition) is 1. The summed E-state index contributed by atoms with van der Waals surface area (Å²) in [7, 11) is 1.85. The highest BCUT2D eigenvalue weighted by Crippen LogP contribution is 2.39. The molecule has 1 aromatic heterocycles. The van der Waals surface area contributed by atoms with Crippen LogP contribution in [-0.4, -0.2) is 34.7 Å². The SMILES string of the molecule is CN(Cc1cc(C2CC2)n[nH]1)C(=O)[C@H]1COc2ccccc2C1. The Labute approximate surface area is 135 Å². The Morgan fingerprint density at radius 1 is 1.39 bits per heavy atom. The molecule has 23 heavy (non-hydrogen) atoms. The third-order valence-electron chi connectivity index (χ3n) is 4.66. The minimum absolute atomic E-state index is 0.110. The Bertz CT molecular complexity index is 721. The molecule has 1 aliphatic carbocycles. The Kier molecular flexibility index (Phi) is 3.56. The fourth-order valence-electron chi connectivity index (χ4n) is 3.18. The van der Waals surface area contributed by atoms with Crippen molar-refractivity contribution < 1.29 is 9.53 Å². The van der Waals surface area contributed by atoms with Crippen molar-refractivity contribution in [1.29, 1.82) is 0 Å². The lowest BCUT2D eigenvalue weighted by Crippen LogP contribution is -2.38. The van der Waals surface area contributed by atoms with Crippen LogP contribution in [0.5, 0.6) is 5.75 Å². The molecular formula is C18H21N3O2. The van der Waals surface area contributed by atoms with Gasteiger partial charge in [-0.2, -0.15) is 5.10 Å². The van der Waals surface area contributed by atoms with Gasteiger partial charge in [0.25, 0.3) is 0 Å². The van der Waals surface area contributed by atoms with Crippen LogP contribution in [0.4, 0.5) is 0 Å². The number of hydrogen-bond acceptors (Lipinski definition) is 3. The third kappa shape index (κ3) is 2.96. The number of carbonyl (C=O) groups excluding carboxylic acids is 1. The number of fused-ring (bicyclic) bond motifs is 1. The first kappa shape index (κ1) is 14.3. The molecule has 120 valence electrons. The first-order valence-electron chi connectivity index (χ1n) is 8.20. The standard InChI is InChI=1S/C18H21N3O2/c1-21(10-15-9-16(20-19-15)12-6-7-12)18(22)14-8-13-4-2-3-5-17(13)23-11-14/h2-5,9,12,14H,6-8,10-11H2,1H3,(H,19,20)/t14-/m1/s1.